The first kappa shape index (κ1) is 10.3. The number of nitrogens with zero attached hydrogens (tertiary/aromatic N) is 1. The molecule has 1 atom stereocenters. The quantitative estimate of drug-likeness (QED) is 0.705. The highest BCUT2D eigenvalue weighted by Crippen LogP contribution is 2.50. The molecular weight excluding hydrogens is 222 g/mol. The van der Waals surface area contributed by atoms with Crippen LogP contribution in [0.4, 0.5) is 0 Å². The molecule has 0 N–H and O–H groups in total. The lowest BCUT2D eigenvalue weighted by Crippen LogP contribution is -2.30. The van der Waals surface area contributed by atoms with Gasteiger partial charge in [-0.25, -0.2) is 4.98 Å². The maximum atomic E-state index is 11.5. The van der Waals surface area contributed by atoms with Gasteiger partial charge in [0.1, 0.15) is 5.60 Å². The van der Waals surface area contributed by atoms with Gasteiger partial charge in [0.05, 0.1) is 23.0 Å². The molecular formula is C12H15NO2S. The lowest BCUT2D eigenvalue weighted by molar-refractivity contribution is -0.148. The molecule has 2 aliphatic rings. The van der Waals surface area contributed by atoms with E-state index in [0.717, 1.165) is 23.5 Å². The van der Waals surface area contributed by atoms with Crippen LogP contribution in [-0.2, 0) is 9.53 Å². The number of esters is 1. The van der Waals surface area contributed by atoms with Gasteiger partial charge in [-0.1, -0.05) is 0 Å². The molecule has 4 heteroatoms. The lowest BCUT2D eigenvalue weighted by atomic mass is 9.84. The monoisotopic (exact) mass is 237 g/mol. The molecule has 0 radical (unpaired) electrons. The summed E-state index contributed by atoms with van der Waals surface area (Å²) in [6, 6.07) is 0. The van der Waals surface area contributed by atoms with Crippen LogP contribution in [0, 0.1) is 6.92 Å². The highest BCUT2D eigenvalue weighted by atomic mass is 32.1. The summed E-state index contributed by atoms with van der Waals surface area (Å²) < 4.78 is 5.61. The first-order chi connectivity index (χ1) is 7.70. The zero-order valence-corrected chi connectivity index (χ0v) is 10.2. The second-order valence-corrected chi connectivity index (χ2v) is 5.86. The van der Waals surface area contributed by atoms with Gasteiger partial charge in [0, 0.05) is 5.38 Å². The number of carbonyl (C=O) groups is 1. The molecule has 1 aromatic heterocycles. The number of ether oxygens (including phenoxy) is 1. The van der Waals surface area contributed by atoms with Crippen LogP contribution in [-0.4, -0.2) is 16.6 Å². The van der Waals surface area contributed by atoms with Crippen LogP contribution in [0.3, 0.4) is 0 Å². The third-order valence-electron chi connectivity index (χ3n) is 3.77. The van der Waals surface area contributed by atoms with Crippen molar-refractivity contribution in [1.29, 1.82) is 0 Å². The summed E-state index contributed by atoms with van der Waals surface area (Å²) in [5, 5.41) is 3.16. The minimum absolute atomic E-state index is 0.0439. The number of aromatic nitrogens is 1. The van der Waals surface area contributed by atoms with Crippen LogP contribution in [0.2, 0.25) is 0 Å². The van der Waals surface area contributed by atoms with Crippen molar-refractivity contribution in [2.75, 3.05) is 0 Å². The van der Waals surface area contributed by atoms with Crippen molar-refractivity contribution in [3.05, 3.63) is 16.1 Å². The Morgan fingerprint density at radius 3 is 2.88 bits per heavy atom. The molecule has 86 valence electrons. The predicted molar refractivity (Wildman–Crippen MR) is 61.5 cm³/mol. The molecule has 1 saturated heterocycles. The third-order valence-corrected chi connectivity index (χ3v) is 4.56. The van der Waals surface area contributed by atoms with Crippen LogP contribution in [0.1, 0.15) is 48.7 Å². The number of carbonyl (C=O) groups excluding carboxylic acids is 1. The van der Waals surface area contributed by atoms with Crippen molar-refractivity contribution in [2.45, 2.75) is 50.5 Å². The topological polar surface area (TPSA) is 39.2 Å². The van der Waals surface area contributed by atoms with Crippen molar-refractivity contribution < 1.29 is 9.53 Å². The molecule has 0 aromatic carbocycles. The van der Waals surface area contributed by atoms with Crippen LogP contribution < -0.4 is 0 Å². The molecule has 1 aliphatic carbocycles. The maximum absolute atomic E-state index is 11.5. The summed E-state index contributed by atoms with van der Waals surface area (Å²) in [4.78, 5) is 16.1. The van der Waals surface area contributed by atoms with E-state index in [1.165, 1.54) is 12.8 Å². The number of hydrogen-bond donors (Lipinski definition) is 0. The van der Waals surface area contributed by atoms with Gasteiger partial charge in [0.25, 0.3) is 0 Å². The van der Waals surface area contributed by atoms with Crippen LogP contribution >= 0.6 is 11.3 Å². The highest BCUT2D eigenvalue weighted by Gasteiger charge is 2.52. The predicted octanol–water partition coefficient (Wildman–Crippen LogP) is 2.79. The minimum atomic E-state index is -0.211. The molecule has 0 bridgehead atoms. The van der Waals surface area contributed by atoms with E-state index in [2.05, 4.69) is 10.4 Å². The molecule has 0 unspecified atom stereocenters. The summed E-state index contributed by atoms with van der Waals surface area (Å²) in [6.45, 7) is 2.01. The van der Waals surface area contributed by atoms with E-state index in [1.807, 2.05) is 6.92 Å². The lowest BCUT2D eigenvalue weighted by Gasteiger charge is -2.27. The first-order valence-corrected chi connectivity index (χ1v) is 6.71. The van der Waals surface area contributed by atoms with E-state index in [-0.39, 0.29) is 17.5 Å². The maximum Gasteiger partial charge on any atom is 0.307 e. The zero-order valence-electron chi connectivity index (χ0n) is 9.36. The van der Waals surface area contributed by atoms with Gasteiger partial charge in [-0.3, -0.25) is 4.79 Å². The SMILES string of the molecule is Cc1nc([C@@H]2CC(=O)OC23CCCC3)cs1. The Morgan fingerprint density at radius 1 is 1.50 bits per heavy atom. The van der Waals surface area contributed by atoms with Crippen molar-refractivity contribution in [3.63, 3.8) is 0 Å². The van der Waals surface area contributed by atoms with Crippen LogP contribution in [0.15, 0.2) is 5.38 Å². The fourth-order valence-corrected chi connectivity index (χ4v) is 3.70. The average Bonchev–Trinajstić information content (AvgIpc) is 2.90. The van der Waals surface area contributed by atoms with Crippen LogP contribution in [0.25, 0.3) is 0 Å². The van der Waals surface area contributed by atoms with Gasteiger partial charge < -0.3 is 4.74 Å². The summed E-state index contributed by atoms with van der Waals surface area (Å²) in [6.07, 6.45) is 4.89. The number of aryl methyl sites for hydroxylation is 1. The molecule has 3 nitrogen and oxygen atoms in total. The Hall–Kier alpha value is -0.900. The van der Waals surface area contributed by atoms with E-state index in [9.17, 15) is 4.79 Å². The van der Waals surface area contributed by atoms with Crippen molar-refractivity contribution >= 4 is 17.3 Å². The van der Waals surface area contributed by atoms with E-state index in [0.29, 0.717) is 6.42 Å². The average molecular weight is 237 g/mol. The molecule has 3 rings (SSSR count). The molecule has 2 heterocycles. The molecule has 0 amide bonds. The Bertz CT molecular complexity index is 420. The van der Waals surface area contributed by atoms with Gasteiger partial charge in [0.2, 0.25) is 0 Å². The molecule has 2 fully saturated rings. The smallest absolute Gasteiger partial charge is 0.307 e. The number of thiazole rings is 1. The summed E-state index contributed by atoms with van der Waals surface area (Å²) in [7, 11) is 0. The Balaban J connectivity index is 1.96. The van der Waals surface area contributed by atoms with E-state index in [4.69, 9.17) is 4.74 Å². The number of rotatable bonds is 1. The zero-order chi connectivity index (χ0) is 11.2. The second kappa shape index (κ2) is 3.55. The van der Waals surface area contributed by atoms with Gasteiger partial charge in [0.15, 0.2) is 0 Å². The fourth-order valence-electron chi connectivity index (χ4n) is 3.03. The van der Waals surface area contributed by atoms with Gasteiger partial charge in [-0.2, -0.15) is 0 Å². The summed E-state index contributed by atoms with van der Waals surface area (Å²) >= 11 is 1.66. The largest absolute Gasteiger partial charge is 0.458 e. The molecule has 1 aromatic rings. The van der Waals surface area contributed by atoms with Gasteiger partial charge in [-0.15, -0.1) is 11.3 Å². The number of hydrogen-bond acceptors (Lipinski definition) is 4. The molecule has 16 heavy (non-hydrogen) atoms. The van der Waals surface area contributed by atoms with Gasteiger partial charge >= 0.3 is 5.97 Å². The van der Waals surface area contributed by atoms with Crippen LogP contribution in [0.5, 0.6) is 0 Å². The van der Waals surface area contributed by atoms with Crippen molar-refractivity contribution in [2.24, 2.45) is 0 Å². The normalized spacial score (nSPS) is 27.6. The molecule has 1 spiro atoms. The summed E-state index contributed by atoms with van der Waals surface area (Å²) in [5.41, 5.74) is 0.854. The minimum Gasteiger partial charge on any atom is -0.458 e. The van der Waals surface area contributed by atoms with Crippen molar-refractivity contribution in [3.8, 4) is 0 Å². The van der Waals surface area contributed by atoms with E-state index >= 15 is 0 Å². The Morgan fingerprint density at radius 2 is 2.25 bits per heavy atom. The standard InChI is InChI=1S/C12H15NO2S/c1-8-13-10(7-16-8)9-6-11(14)15-12(9)4-2-3-5-12/h7,9H,2-6H2,1H3/t9-/m0/s1. The third kappa shape index (κ3) is 1.47. The van der Waals surface area contributed by atoms with E-state index < -0.39 is 0 Å². The van der Waals surface area contributed by atoms with Gasteiger partial charge in [-0.05, 0) is 32.6 Å². The first-order valence-electron chi connectivity index (χ1n) is 5.83. The Kier molecular flexibility index (Phi) is 2.28. The Labute approximate surface area is 98.8 Å². The molecule has 1 aliphatic heterocycles. The highest BCUT2D eigenvalue weighted by molar-refractivity contribution is 7.09. The van der Waals surface area contributed by atoms with E-state index in [1.54, 1.807) is 11.3 Å². The summed E-state index contributed by atoms with van der Waals surface area (Å²) in [5.74, 6) is 0.157. The molecule has 1 saturated carbocycles. The fraction of sp³-hybridized carbons (Fsp3) is 0.667. The second-order valence-electron chi connectivity index (χ2n) is 4.79. The van der Waals surface area contributed by atoms with Crippen molar-refractivity contribution in [1.82, 2.24) is 4.98 Å².